The van der Waals surface area contributed by atoms with E-state index in [0.29, 0.717) is 0 Å². The molecule has 7 aromatic rings. The van der Waals surface area contributed by atoms with E-state index in [0.717, 1.165) is 61.6 Å². The molecule has 0 unspecified atom stereocenters. The number of hydrogen-bond acceptors (Lipinski definition) is 2. The predicted octanol–water partition coefficient (Wildman–Crippen LogP) is 9.62. The molecule has 0 fully saturated rings. The standard InChI is InChI=1S/C39H32N4/c1-26(13-9-14-27(2)38-40-34-21-5-7-23-36(34)42(38)3)30-17-11-20-33-31(18-12-19-32(30)33)28-15-10-16-29(25-28)39-41-35-22-6-8-24-37(35)43(39)4/h5-25H,1H2,2-4H3/b13-9-,27-14+. The van der Waals surface area contributed by atoms with Crippen molar-refractivity contribution in [1.82, 2.24) is 19.1 Å². The molecule has 4 nitrogen and oxygen atoms in total. The number of aryl methyl sites for hydroxylation is 2. The van der Waals surface area contributed by atoms with Crippen LogP contribution in [0.15, 0.2) is 134 Å². The zero-order valence-electron chi connectivity index (χ0n) is 24.6. The molecule has 0 saturated heterocycles. The monoisotopic (exact) mass is 556 g/mol. The van der Waals surface area contributed by atoms with Crippen LogP contribution in [0.1, 0.15) is 18.3 Å². The van der Waals surface area contributed by atoms with E-state index < -0.39 is 0 Å². The highest BCUT2D eigenvalue weighted by Gasteiger charge is 2.13. The summed E-state index contributed by atoms with van der Waals surface area (Å²) >= 11 is 0. The van der Waals surface area contributed by atoms with Crippen LogP contribution in [0.5, 0.6) is 0 Å². The largest absolute Gasteiger partial charge is 0.327 e. The van der Waals surface area contributed by atoms with Gasteiger partial charge in [0.15, 0.2) is 0 Å². The highest BCUT2D eigenvalue weighted by atomic mass is 15.1. The van der Waals surface area contributed by atoms with Crippen molar-refractivity contribution in [2.45, 2.75) is 6.92 Å². The molecule has 4 heteroatoms. The molecule has 0 atom stereocenters. The Morgan fingerprint density at radius 3 is 2.09 bits per heavy atom. The van der Waals surface area contributed by atoms with Crippen molar-refractivity contribution in [1.29, 1.82) is 0 Å². The Balaban J connectivity index is 1.21. The van der Waals surface area contributed by atoms with Crippen LogP contribution in [-0.2, 0) is 14.1 Å². The summed E-state index contributed by atoms with van der Waals surface area (Å²) in [5.41, 5.74) is 10.9. The van der Waals surface area contributed by atoms with Gasteiger partial charge in [-0.25, -0.2) is 9.97 Å². The maximum atomic E-state index is 4.93. The van der Waals surface area contributed by atoms with E-state index in [1.807, 2.05) is 18.2 Å². The molecule has 0 N–H and O–H groups in total. The first-order chi connectivity index (χ1) is 21.0. The average molecular weight is 557 g/mol. The second-order valence-electron chi connectivity index (χ2n) is 11.0. The Morgan fingerprint density at radius 1 is 0.674 bits per heavy atom. The molecule has 43 heavy (non-hydrogen) atoms. The minimum absolute atomic E-state index is 0.962. The van der Waals surface area contributed by atoms with E-state index in [9.17, 15) is 0 Å². The van der Waals surface area contributed by atoms with Gasteiger partial charge >= 0.3 is 0 Å². The van der Waals surface area contributed by atoms with E-state index in [2.05, 4.69) is 146 Å². The molecule has 2 aromatic heterocycles. The van der Waals surface area contributed by atoms with E-state index in [4.69, 9.17) is 9.97 Å². The Bertz CT molecular complexity index is 2240. The summed E-state index contributed by atoms with van der Waals surface area (Å²) < 4.78 is 4.31. The molecule has 0 aliphatic rings. The lowest BCUT2D eigenvalue weighted by Gasteiger charge is -2.12. The van der Waals surface area contributed by atoms with Crippen LogP contribution in [0.4, 0.5) is 0 Å². The third-order valence-corrected chi connectivity index (χ3v) is 8.27. The highest BCUT2D eigenvalue weighted by Crippen LogP contribution is 2.35. The van der Waals surface area contributed by atoms with Crippen molar-refractivity contribution in [3.63, 3.8) is 0 Å². The van der Waals surface area contributed by atoms with Crippen LogP contribution in [0.25, 0.3) is 66.5 Å². The molecule has 5 aromatic carbocycles. The highest BCUT2D eigenvalue weighted by molar-refractivity contribution is 6.03. The molecule has 0 saturated carbocycles. The third kappa shape index (κ3) is 4.67. The Kier molecular flexibility index (Phi) is 6.59. The van der Waals surface area contributed by atoms with Gasteiger partial charge in [0.1, 0.15) is 11.6 Å². The van der Waals surface area contributed by atoms with E-state index in [-0.39, 0.29) is 0 Å². The van der Waals surface area contributed by atoms with Crippen LogP contribution in [-0.4, -0.2) is 19.1 Å². The molecule has 0 bridgehead atoms. The summed E-state index contributed by atoms with van der Waals surface area (Å²) in [6, 6.07) is 38.1. The van der Waals surface area contributed by atoms with Gasteiger partial charge in [-0.05, 0) is 75.9 Å². The van der Waals surface area contributed by atoms with Crippen molar-refractivity contribution in [2.75, 3.05) is 0 Å². The zero-order chi connectivity index (χ0) is 29.5. The molecule has 0 aliphatic carbocycles. The van der Waals surface area contributed by atoms with Crippen molar-refractivity contribution in [3.8, 4) is 22.5 Å². The molecule has 0 spiro atoms. The van der Waals surface area contributed by atoms with Crippen LogP contribution in [0, 0.1) is 0 Å². The maximum Gasteiger partial charge on any atom is 0.140 e. The third-order valence-electron chi connectivity index (χ3n) is 8.27. The number of allylic oxidation sites excluding steroid dienone is 5. The number of para-hydroxylation sites is 4. The van der Waals surface area contributed by atoms with Gasteiger partial charge < -0.3 is 9.13 Å². The number of imidazole rings is 2. The summed E-state index contributed by atoms with van der Waals surface area (Å²) in [7, 11) is 4.14. The summed E-state index contributed by atoms with van der Waals surface area (Å²) in [4.78, 5) is 9.75. The minimum Gasteiger partial charge on any atom is -0.327 e. The second kappa shape index (κ2) is 10.7. The molecule has 7 rings (SSSR count). The average Bonchev–Trinajstić information content (AvgIpc) is 3.57. The summed E-state index contributed by atoms with van der Waals surface area (Å²) in [5.74, 6) is 1.93. The topological polar surface area (TPSA) is 35.6 Å². The molecule has 0 amide bonds. The lowest BCUT2D eigenvalue weighted by atomic mass is 9.92. The lowest BCUT2D eigenvalue weighted by Crippen LogP contribution is -1.94. The number of hydrogen-bond donors (Lipinski definition) is 0. The van der Waals surface area contributed by atoms with Gasteiger partial charge in [0, 0.05) is 19.7 Å². The molecule has 208 valence electrons. The van der Waals surface area contributed by atoms with Gasteiger partial charge in [0.05, 0.1) is 22.1 Å². The molecule has 2 heterocycles. The number of rotatable bonds is 6. The summed E-state index contributed by atoms with van der Waals surface area (Å²) in [6.45, 7) is 6.53. The fourth-order valence-corrected chi connectivity index (χ4v) is 6.04. The van der Waals surface area contributed by atoms with Gasteiger partial charge in [0.25, 0.3) is 0 Å². The Hall–Kier alpha value is -5.48. The first kappa shape index (κ1) is 26.4. The summed E-state index contributed by atoms with van der Waals surface area (Å²) in [5, 5.41) is 2.38. The lowest BCUT2D eigenvalue weighted by molar-refractivity contribution is 0.920. The van der Waals surface area contributed by atoms with Crippen molar-refractivity contribution < 1.29 is 0 Å². The van der Waals surface area contributed by atoms with Crippen LogP contribution in [0.3, 0.4) is 0 Å². The number of nitrogens with zero attached hydrogens (tertiary/aromatic N) is 4. The number of benzene rings is 5. The van der Waals surface area contributed by atoms with E-state index >= 15 is 0 Å². The smallest absolute Gasteiger partial charge is 0.140 e. The Morgan fingerprint density at radius 2 is 1.33 bits per heavy atom. The quantitative estimate of drug-likeness (QED) is 0.191. The molecule has 0 aliphatic heterocycles. The molecular formula is C39H32N4. The van der Waals surface area contributed by atoms with Crippen LogP contribution in [0.2, 0.25) is 0 Å². The fourth-order valence-electron chi connectivity index (χ4n) is 6.04. The number of aromatic nitrogens is 4. The van der Waals surface area contributed by atoms with Crippen molar-refractivity contribution in [2.24, 2.45) is 14.1 Å². The van der Waals surface area contributed by atoms with Crippen molar-refractivity contribution >= 4 is 44.0 Å². The van der Waals surface area contributed by atoms with Gasteiger partial charge in [-0.2, -0.15) is 0 Å². The normalized spacial score (nSPS) is 12.2. The number of fused-ring (bicyclic) bond motifs is 3. The fraction of sp³-hybridized carbons (Fsp3) is 0.0769. The van der Waals surface area contributed by atoms with E-state index in [1.54, 1.807) is 0 Å². The second-order valence-corrected chi connectivity index (χ2v) is 11.0. The Labute approximate surface area is 251 Å². The first-order valence-electron chi connectivity index (χ1n) is 14.5. The molecule has 0 radical (unpaired) electrons. The zero-order valence-corrected chi connectivity index (χ0v) is 24.6. The SMILES string of the molecule is C=C(/C=C\C=C(/C)c1nc2ccccc2n1C)c1cccc2c(-c3cccc(-c4nc5ccccc5n4C)c3)cccc12. The van der Waals surface area contributed by atoms with Crippen LogP contribution < -0.4 is 0 Å². The van der Waals surface area contributed by atoms with Crippen LogP contribution >= 0.6 is 0 Å². The predicted molar refractivity (Wildman–Crippen MR) is 182 cm³/mol. The van der Waals surface area contributed by atoms with Gasteiger partial charge in [-0.3, -0.25) is 0 Å². The van der Waals surface area contributed by atoms with E-state index in [1.165, 1.54) is 16.3 Å². The first-order valence-corrected chi connectivity index (χ1v) is 14.5. The van der Waals surface area contributed by atoms with Gasteiger partial charge in [0.2, 0.25) is 0 Å². The van der Waals surface area contributed by atoms with Crippen molar-refractivity contribution in [3.05, 3.63) is 145 Å². The minimum atomic E-state index is 0.962. The molecular weight excluding hydrogens is 524 g/mol. The van der Waals surface area contributed by atoms with Gasteiger partial charge in [-0.1, -0.05) is 104 Å². The summed E-state index contributed by atoms with van der Waals surface area (Å²) in [6.07, 6.45) is 6.26. The maximum absolute atomic E-state index is 4.93. The van der Waals surface area contributed by atoms with Gasteiger partial charge in [-0.15, -0.1) is 0 Å².